The van der Waals surface area contributed by atoms with Gasteiger partial charge in [-0.25, -0.2) is 0 Å². The topological polar surface area (TPSA) is 55.5 Å². The van der Waals surface area contributed by atoms with Crippen molar-refractivity contribution in [2.24, 2.45) is 11.7 Å². The molecule has 0 saturated carbocycles. The molecule has 0 aliphatic heterocycles. The zero-order valence-electron chi connectivity index (χ0n) is 8.82. The van der Waals surface area contributed by atoms with E-state index >= 15 is 0 Å². The molecule has 0 bridgehead atoms. The van der Waals surface area contributed by atoms with Crippen LogP contribution in [0, 0.1) is 5.92 Å². The van der Waals surface area contributed by atoms with Gasteiger partial charge in [0.25, 0.3) is 0 Å². The molecule has 0 heterocycles. The van der Waals surface area contributed by atoms with E-state index in [2.05, 4.69) is 13.8 Å². The Morgan fingerprint density at radius 1 is 1.36 bits per heavy atom. The minimum Gasteiger partial charge on any atom is -0.508 e. The molecule has 1 aromatic carbocycles. The molecule has 0 spiro atoms. The van der Waals surface area contributed by atoms with Crippen molar-refractivity contribution in [2.75, 3.05) is 7.11 Å². The normalized spacial score (nSPS) is 12.9. The monoisotopic (exact) mass is 195 g/mol. The number of hydrogen-bond donors (Lipinski definition) is 2. The molecule has 1 atom stereocenters. The highest BCUT2D eigenvalue weighted by molar-refractivity contribution is 5.41. The van der Waals surface area contributed by atoms with Crippen LogP contribution in [0.25, 0.3) is 0 Å². The number of benzene rings is 1. The molecule has 0 fully saturated rings. The standard InChI is InChI=1S/C11H17NO2/c1-7(2)11(12)9-5-4-8(13)6-10(9)14-3/h4-7,11,13H,12H2,1-3H3/t11-/m0/s1. The van der Waals surface area contributed by atoms with E-state index in [4.69, 9.17) is 10.5 Å². The predicted molar refractivity (Wildman–Crippen MR) is 56.4 cm³/mol. The van der Waals surface area contributed by atoms with Gasteiger partial charge >= 0.3 is 0 Å². The van der Waals surface area contributed by atoms with Gasteiger partial charge in [0.1, 0.15) is 11.5 Å². The van der Waals surface area contributed by atoms with Crippen LogP contribution in [-0.2, 0) is 0 Å². The van der Waals surface area contributed by atoms with Gasteiger partial charge in [0.2, 0.25) is 0 Å². The average Bonchev–Trinajstić information content (AvgIpc) is 2.16. The highest BCUT2D eigenvalue weighted by atomic mass is 16.5. The van der Waals surface area contributed by atoms with E-state index in [1.165, 1.54) is 0 Å². The van der Waals surface area contributed by atoms with Gasteiger partial charge in [-0.1, -0.05) is 19.9 Å². The maximum Gasteiger partial charge on any atom is 0.127 e. The first-order valence-corrected chi connectivity index (χ1v) is 4.68. The molecule has 0 aliphatic rings. The minimum atomic E-state index is -0.0643. The lowest BCUT2D eigenvalue weighted by Crippen LogP contribution is -2.17. The fourth-order valence-corrected chi connectivity index (χ4v) is 1.33. The molecule has 0 aromatic heterocycles. The fraction of sp³-hybridized carbons (Fsp3) is 0.455. The minimum absolute atomic E-state index is 0.0643. The van der Waals surface area contributed by atoms with Crippen LogP contribution in [0.3, 0.4) is 0 Å². The van der Waals surface area contributed by atoms with E-state index in [0.717, 1.165) is 5.56 Å². The van der Waals surface area contributed by atoms with Crippen LogP contribution in [-0.4, -0.2) is 12.2 Å². The average molecular weight is 195 g/mol. The summed E-state index contributed by atoms with van der Waals surface area (Å²) in [4.78, 5) is 0. The quantitative estimate of drug-likeness (QED) is 0.776. The summed E-state index contributed by atoms with van der Waals surface area (Å²) in [7, 11) is 1.57. The number of phenolic OH excluding ortho intramolecular Hbond substituents is 1. The molecule has 3 nitrogen and oxygen atoms in total. The molecule has 1 rings (SSSR count). The number of rotatable bonds is 3. The van der Waals surface area contributed by atoms with Gasteiger partial charge in [-0.15, -0.1) is 0 Å². The van der Waals surface area contributed by atoms with Crippen LogP contribution in [0.4, 0.5) is 0 Å². The summed E-state index contributed by atoms with van der Waals surface area (Å²) in [5.41, 5.74) is 6.93. The van der Waals surface area contributed by atoms with E-state index < -0.39 is 0 Å². The Morgan fingerprint density at radius 2 is 2.00 bits per heavy atom. The number of phenols is 1. The Kier molecular flexibility index (Phi) is 3.36. The number of nitrogens with two attached hydrogens (primary N) is 1. The summed E-state index contributed by atoms with van der Waals surface area (Å²) >= 11 is 0. The van der Waals surface area contributed by atoms with Crippen molar-refractivity contribution in [3.63, 3.8) is 0 Å². The summed E-state index contributed by atoms with van der Waals surface area (Å²) in [5.74, 6) is 1.18. The number of ether oxygens (including phenoxy) is 1. The Labute approximate surface area is 84.5 Å². The third-order valence-corrected chi connectivity index (χ3v) is 2.29. The first kappa shape index (κ1) is 10.9. The van der Waals surface area contributed by atoms with E-state index in [9.17, 15) is 5.11 Å². The Hall–Kier alpha value is -1.22. The van der Waals surface area contributed by atoms with Crippen LogP contribution in [0.1, 0.15) is 25.5 Å². The molecule has 0 unspecified atom stereocenters. The smallest absolute Gasteiger partial charge is 0.127 e. The van der Waals surface area contributed by atoms with Gasteiger partial charge in [-0.05, 0) is 12.0 Å². The second-order valence-corrected chi connectivity index (χ2v) is 3.70. The van der Waals surface area contributed by atoms with Crippen molar-refractivity contribution >= 4 is 0 Å². The SMILES string of the molecule is COc1cc(O)ccc1[C@@H](N)C(C)C. The maximum absolute atomic E-state index is 9.27. The molecule has 14 heavy (non-hydrogen) atoms. The van der Waals surface area contributed by atoms with Gasteiger partial charge in [-0.3, -0.25) is 0 Å². The second-order valence-electron chi connectivity index (χ2n) is 3.70. The molecule has 3 N–H and O–H groups in total. The van der Waals surface area contributed by atoms with Crippen molar-refractivity contribution in [3.05, 3.63) is 23.8 Å². The van der Waals surface area contributed by atoms with Crippen LogP contribution in [0.5, 0.6) is 11.5 Å². The summed E-state index contributed by atoms with van der Waals surface area (Å²) < 4.78 is 5.16. The van der Waals surface area contributed by atoms with Crippen LogP contribution in [0.2, 0.25) is 0 Å². The number of hydrogen-bond acceptors (Lipinski definition) is 3. The second kappa shape index (κ2) is 4.33. The van der Waals surface area contributed by atoms with E-state index in [1.54, 1.807) is 25.3 Å². The molecule has 3 heteroatoms. The van der Waals surface area contributed by atoms with Crippen molar-refractivity contribution in [3.8, 4) is 11.5 Å². The highest BCUT2D eigenvalue weighted by Crippen LogP contribution is 2.30. The first-order valence-electron chi connectivity index (χ1n) is 4.68. The van der Waals surface area contributed by atoms with Crippen LogP contribution in [0.15, 0.2) is 18.2 Å². The summed E-state index contributed by atoms with van der Waals surface area (Å²) in [6.45, 7) is 4.11. The van der Waals surface area contributed by atoms with Gasteiger partial charge in [-0.2, -0.15) is 0 Å². The first-order chi connectivity index (χ1) is 6.56. The number of methoxy groups -OCH3 is 1. The van der Waals surface area contributed by atoms with Gasteiger partial charge in [0.15, 0.2) is 0 Å². The van der Waals surface area contributed by atoms with Gasteiger partial charge in [0.05, 0.1) is 7.11 Å². The molecule has 78 valence electrons. The molecule has 1 aromatic rings. The van der Waals surface area contributed by atoms with Crippen LogP contribution >= 0.6 is 0 Å². The molecular weight excluding hydrogens is 178 g/mol. The molecular formula is C11H17NO2. The van der Waals surface area contributed by atoms with E-state index in [1.807, 2.05) is 0 Å². The molecule has 0 aliphatic carbocycles. The lowest BCUT2D eigenvalue weighted by molar-refractivity contribution is 0.390. The Morgan fingerprint density at radius 3 is 2.50 bits per heavy atom. The lowest BCUT2D eigenvalue weighted by Gasteiger charge is -2.18. The highest BCUT2D eigenvalue weighted by Gasteiger charge is 2.15. The zero-order valence-corrected chi connectivity index (χ0v) is 8.82. The third-order valence-electron chi connectivity index (χ3n) is 2.29. The van der Waals surface area contributed by atoms with Crippen LogP contribution < -0.4 is 10.5 Å². The Bertz CT molecular complexity index is 310. The van der Waals surface area contributed by atoms with Gasteiger partial charge in [0, 0.05) is 17.7 Å². The summed E-state index contributed by atoms with van der Waals surface area (Å²) in [6, 6.07) is 4.95. The zero-order chi connectivity index (χ0) is 10.7. The van der Waals surface area contributed by atoms with Crippen molar-refractivity contribution in [2.45, 2.75) is 19.9 Å². The summed E-state index contributed by atoms with van der Waals surface area (Å²) in [6.07, 6.45) is 0. The lowest BCUT2D eigenvalue weighted by atomic mass is 9.96. The fourth-order valence-electron chi connectivity index (χ4n) is 1.33. The molecule has 0 amide bonds. The van der Waals surface area contributed by atoms with Crippen molar-refractivity contribution < 1.29 is 9.84 Å². The number of aromatic hydroxyl groups is 1. The molecule has 0 radical (unpaired) electrons. The predicted octanol–water partition coefficient (Wildman–Crippen LogP) is 2.06. The largest absolute Gasteiger partial charge is 0.508 e. The van der Waals surface area contributed by atoms with Crippen molar-refractivity contribution in [1.29, 1.82) is 0 Å². The summed E-state index contributed by atoms with van der Waals surface area (Å²) in [5, 5.41) is 9.27. The Balaban J connectivity index is 3.07. The van der Waals surface area contributed by atoms with Gasteiger partial charge < -0.3 is 15.6 Å². The van der Waals surface area contributed by atoms with Crippen molar-refractivity contribution in [1.82, 2.24) is 0 Å². The van der Waals surface area contributed by atoms with E-state index in [0.29, 0.717) is 11.7 Å². The maximum atomic E-state index is 9.27. The molecule has 0 saturated heterocycles. The third kappa shape index (κ3) is 2.17. The van der Waals surface area contributed by atoms with E-state index in [-0.39, 0.29) is 11.8 Å².